The van der Waals surface area contributed by atoms with Crippen LogP contribution in [0.2, 0.25) is 0 Å². The van der Waals surface area contributed by atoms with Gasteiger partial charge in [0, 0.05) is 13.0 Å². The van der Waals surface area contributed by atoms with Crippen molar-refractivity contribution in [3.8, 4) is 11.5 Å². The van der Waals surface area contributed by atoms with Gasteiger partial charge >= 0.3 is 5.97 Å². The van der Waals surface area contributed by atoms with Crippen LogP contribution in [0, 0.1) is 17.8 Å². The van der Waals surface area contributed by atoms with Crippen molar-refractivity contribution in [3.63, 3.8) is 0 Å². The standard InChI is InChI=1S/C29H23BrCl2N2O8/c1-33-26(40)28(31)11-17-15(21(29(28,32)27(33)41)13-9-18(30)22(35)19(10-13)42-2)6-7-16-20(17)24(37)34(23(16)36)14-5-3-4-12(8-14)25(38)39/h3-6,8-10,16-17,20-21,35H,7,11H2,1-2H3,(H,38,39)/t16-,17+,20-,21-,28+,29-/m0/s1. The van der Waals surface area contributed by atoms with E-state index in [1.54, 1.807) is 12.1 Å². The zero-order valence-electron chi connectivity index (χ0n) is 22.1. The van der Waals surface area contributed by atoms with Crippen LogP contribution in [0.15, 0.2) is 52.5 Å². The first-order valence-corrected chi connectivity index (χ1v) is 14.5. The molecule has 6 atom stereocenters. The number of nitrogens with zero attached hydrogens (tertiary/aromatic N) is 2. The molecule has 2 aromatic carbocycles. The molecule has 2 aliphatic heterocycles. The number of amides is 4. The maximum atomic E-state index is 14.0. The maximum Gasteiger partial charge on any atom is 0.335 e. The van der Waals surface area contributed by atoms with Gasteiger partial charge in [0.15, 0.2) is 21.2 Å². The smallest absolute Gasteiger partial charge is 0.335 e. The summed E-state index contributed by atoms with van der Waals surface area (Å²) in [6.07, 6.45) is 1.74. The van der Waals surface area contributed by atoms with Crippen molar-refractivity contribution in [1.82, 2.24) is 4.90 Å². The summed E-state index contributed by atoms with van der Waals surface area (Å²) in [5.74, 6) is -7.33. The third-order valence-corrected chi connectivity index (χ3v) is 11.0. The number of imide groups is 2. The number of halogens is 3. The number of phenols is 1. The van der Waals surface area contributed by atoms with Gasteiger partial charge in [-0.1, -0.05) is 17.7 Å². The number of hydrogen-bond donors (Lipinski definition) is 2. The number of aromatic hydroxyl groups is 1. The molecule has 4 aliphatic rings. The van der Waals surface area contributed by atoms with E-state index in [0.29, 0.717) is 11.1 Å². The number of benzene rings is 2. The van der Waals surface area contributed by atoms with E-state index in [0.717, 1.165) is 9.80 Å². The maximum absolute atomic E-state index is 14.0. The van der Waals surface area contributed by atoms with E-state index in [9.17, 15) is 34.2 Å². The Labute approximate surface area is 257 Å². The Hall–Kier alpha value is -3.41. The number of hydrogen-bond acceptors (Lipinski definition) is 7. The number of alkyl halides is 2. The quantitative estimate of drug-likeness (QED) is 0.281. The Morgan fingerprint density at radius 2 is 1.79 bits per heavy atom. The van der Waals surface area contributed by atoms with Crippen molar-refractivity contribution >= 4 is 74.4 Å². The summed E-state index contributed by atoms with van der Waals surface area (Å²) in [7, 11) is 2.65. The van der Waals surface area contributed by atoms with E-state index in [-0.39, 0.29) is 40.1 Å². The molecule has 6 rings (SSSR count). The summed E-state index contributed by atoms with van der Waals surface area (Å²) in [6, 6.07) is 8.61. The molecule has 0 unspecified atom stereocenters. The van der Waals surface area contributed by atoms with Crippen LogP contribution in [-0.2, 0) is 19.2 Å². The molecule has 0 spiro atoms. The van der Waals surface area contributed by atoms with Gasteiger partial charge in [-0.05, 0) is 70.6 Å². The van der Waals surface area contributed by atoms with Gasteiger partial charge in [-0.2, -0.15) is 0 Å². The summed E-state index contributed by atoms with van der Waals surface area (Å²) in [4.78, 5) is 64.5. The summed E-state index contributed by atoms with van der Waals surface area (Å²) in [6.45, 7) is 0. The third-order valence-electron chi connectivity index (χ3n) is 8.97. The number of carbonyl (C=O) groups excluding carboxylic acids is 4. The zero-order chi connectivity index (χ0) is 30.5. The first-order valence-electron chi connectivity index (χ1n) is 13.0. The van der Waals surface area contributed by atoms with Gasteiger partial charge in [0.05, 0.1) is 34.7 Å². The lowest BCUT2D eigenvalue weighted by Crippen LogP contribution is -2.60. The first kappa shape index (κ1) is 28.7. The first-order chi connectivity index (χ1) is 19.8. The van der Waals surface area contributed by atoms with E-state index in [2.05, 4.69) is 15.9 Å². The molecule has 4 amide bonds. The molecular weight excluding hydrogens is 655 g/mol. The molecule has 2 aliphatic carbocycles. The molecule has 2 heterocycles. The van der Waals surface area contributed by atoms with Gasteiger partial charge in [0.1, 0.15) is 0 Å². The van der Waals surface area contributed by atoms with Gasteiger partial charge < -0.3 is 14.9 Å². The molecule has 2 saturated heterocycles. The number of carboxylic acid groups (broad SMARTS) is 1. The minimum absolute atomic E-state index is 0.0814. The average molecular weight is 678 g/mol. The lowest BCUT2D eigenvalue weighted by molar-refractivity contribution is -0.138. The van der Waals surface area contributed by atoms with Gasteiger partial charge in [-0.25, -0.2) is 4.79 Å². The zero-order valence-corrected chi connectivity index (χ0v) is 25.2. The van der Waals surface area contributed by atoms with E-state index < -0.39 is 63.0 Å². The predicted molar refractivity (Wildman–Crippen MR) is 154 cm³/mol. The topological polar surface area (TPSA) is 142 Å². The fourth-order valence-corrected chi connectivity index (χ4v) is 8.55. The Morgan fingerprint density at radius 1 is 1.07 bits per heavy atom. The van der Waals surface area contributed by atoms with Gasteiger partial charge in [-0.3, -0.25) is 29.0 Å². The number of likely N-dealkylation sites (tertiary alicyclic amines) is 1. The molecule has 2 aromatic rings. The summed E-state index contributed by atoms with van der Waals surface area (Å²) in [5.41, 5.74) is 1.02. The van der Waals surface area contributed by atoms with Crippen molar-refractivity contribution in [2.24, 2.45) is 17.8 Å². The molecular formula is C29H23BrCl2N2O8. The van der Waals surface area contributed by atoms with E-state index in [1.165, 1.54) is 44.5 Å². The normalized spacial score (nSPS) is 32.0. The van der Waals surface area contributed by atoms with E-state index >= 15 is 0 Å². The highest BCUT2D eigenvalue weighted by Gasteiger charge is 2.76. The molecule has 218 valence electrons. The number of methoxy groups -OCH3 is 1. The SMILES string of the molecule is COc1cc([C@H]2C3=CC[C@@H]4C(=O)N(c5cccc(C(=O)O)c5)C(=O)[C@@H]4[C@@H]3C[C@@]3(Cl)C(=O)N(C)C(=O)[C@@]23Cl)cc(Br)c1O. The van der Waals surface area contributed by atoms with Crippen LogP contribution in [0.25, 0.3) is 0 Å². The molecule has 0 bridgehead atoms. The second-order valence-electron chi connectivity index (χ2n) is 10.9. The molecule has 42 heavy (non-hydrogen) atoms. The van der Waals surface area contributed by atoms with Crippen molar-refractivity contribution in [2.45, 2.75) is 28.5 Å². The summed E-state index contributed by atoms with van der Waals surface area (Å²) >= 11 is 17.6. The van der Waals surface area contributed by atoms with Crippen LogP contribution in [0.1, 0.15) is 34.7 Å². The van der Waals surface area contributed by atoms with Crippen LogP contribution in [0.5, 0.6) is 11.5 Å². The predicted octanol–water partition coefficient (Wildman–Crippen LogP) is 4.05. The number of allylic oxidation sites excluding steroid dienone is 2. The van der Waals surface area contributed by atoms with Crippen molar-refractivity contribution in [3.05, 3.63) is 63.6 Å². The molecule has 0 aromatic heterocycles. The number of rotatable bonds is 4. The van der Waals surface area contributed by atoms with Crippen LogP contribution < -0.4 is 9.64 Å². The Kier molecular flexibility index (Phi) is 6.53. The number of phenolic OH excluding ortho intramolecular Hbond substituents is 1. The van der Waals surface area contributed by atoms with Gasteiger partial charge in [0.25, 0.3) is 11.8 Å². The second kappa shape index (κ2) is 9.55. The van der Waals surface area contributed by atoms with Gasteiger partial charge in [-0.15, -0.1) is 23.2 Å². The number of ether oxygens (including phenoxy) is 1. The van der Waals surface area contributed by atoms with E-state index in [4.69, 9.17) is 27.9 Å². The number of fused-ring (bicyclic) bond motifs is 4. The Balaban J connectivity index is 1.52. The summed E-state index contributed by atoms with van der Waals surface area (Å²) in [5, 5.41) is 19.9. The molecule has 1 saturated carbocycles. The van der Waals surface area contributed by atoms with E-state index in [1.807, 2.05) is 0 Å². The monoisotopic (exact) mass is 676 g/mol. The highest BCUT2D eigenvalue weighted by molar-refractivity contribution is 9.10. The number of aromatic carboxylic acids is 1. The van der Waals surface area contributed by atoms with Gasteiger partial charge in [0.2, 0.25) is 11.8 Å². The highest BCUT2D eigenvalue weighted by atomic mass is 79.9. The fraction of sp³-hybridized carbons (Fsp3) is 0.345. The van der Waals surface area contributed by atoms with Crippen molar-refractivity contribution in [1.29, 1.82) is 0 Å². The molecule has 10 nitrogen and oxygen atoms in total. The van der Waals surface area contributed by atoms with Crippen LogP contribution in [0.3, 0.4) is 0 Å². The fourth-order valence-electron chi connectivity index (χ4n) is 7.07. The van der Waals surface area contributed by atoms with Crippen LogP contribution >= 0.6 is 39.1 Å². The second-order valence-corrected chi connectivity index (χ2v) is 13.0. The van der Waals surface area contributed by atoms with Crippen molar-refractivity contribution in [2.75, 3.05) is 19.1 Å². The molecule has 3 fully saturated rings. The minimum Gasteiger partial charge on any atom is -0.503 e. The largest absolute Gasteiger partial charge is 0.503 e. The van der Waals surface area contributed by atoms with Crippen LogP contribution in [0.4, 0.5) is 5.69 Å². The number of carboxylic acids is 1. The Morgan fingerprint density at radius 3 is 2.45 bits per heavy atom. The summed E-state index contributed by atoms with van der Waals surface area (Å²) < 4.78 is 5.58. The third kappa shape index (κ3) is 3.59. The molecule has 2 N–H and O–H groups in total. The minimum atomic E-state index is -1.99. The number of anilines is 1. The molecule has 13 heteroatoms. The molecule has 0 radical (unpaired) electrons. The van der Waals surface area contributed by atoms with Crippen LogP contribution in [-0.4, -0.2) is 68.6 Å². The average Bonchev–Trinajstić information content (AvgIpc) is 3.29. The Bertz CT molecular complexity index is 1660. The lowest BCUT2D eigenvalue weighted by atomic mass is 9.56. The highest BCUT2D eigenvalue weighted by Crippen LogP contribution is 2.65. The lowest BCUT2D eigenvalue weighted by Gasteiger charge is -2.50. The van der Waals surface area contributed by atoms with Crippen molar-refractivity contribution < 1.29 is 38.9 Å². The number of carbonyl (C=O) groups is 5.